The lowest BCUT2D eigenvalue weighted by Gasteiger charge is -1.96. The lowest BCUT2D eigenvalue weighted by atomic mass is 10.2. The average Bonchev–Trinajstić information content (AvgIpc) is 2.28. The zero-order valence-electron chi connectivity index (χ0n) is 9.39. The molecule has 0 saturated carbocycles. The smallest absolute Gasteiger partial charge is 0.258 e. The summed E-state index contributed by atoms with van der Waals surface area (Å²) >= 11 is 5.76. The maximum absolute atomic E-state index is 10.4. The van der Waals surface area contributed by atoms with E-state index in [1.165, 1.54) is 0 Å². The predicted molar refractivity (Wildman–Crippen MR) is 68.7 cm³/mol. The highest BCUT2D eigenvalue weighted by atomic mass is 35.5. The number of hydrogen-bond acceptors (Lipinski definition) is 3. The van der Waals surface area contributed by atoms with Gasteiger partial charge >= 0.3 is 0 Å². The van der Waals surface area contributed by atoms with E-state index in [9.17, 15) is 4.79 Å². The number of hydrogen-bond donors (Lipinski definition) is 1. The first-order valence-electron chi connectivity index (χ1n) is 4.96. The van der Waals surface area contributed by atoms with Crippen LogP contribution in [0.15, 0.2) is 35.5 Å². The predicted octanol–water partition coefficient (Wildman–Crippen LogP) is 2.23. The van der Waals surface area contributed by atoms with Gasteiger partial charge in [-0.25, -0.2) is 0 Å². The van der Waals surface area contributed by atoms with E-state index in [4.69, 9.17) is 22.2 Å². The fraction of sp³-hybridized carbons (Fsp3) is 0.167. The molecule has 0 unspecified atom stereocenters. The molecule has 2 N–H and O–H groups in total. The highest BCUT2D eigenvalue weighted by Gasteiger charge is 1.92. The fourth-order valence-corrected chi connectivity index (χ4v) is 1.14. The number of allylic oxidation sites excluding steroid dienone is 1. The first-order chi connectivity index (χ1) is 8.08. The summed E-state index contributed by atoms with van der Waals surface area (Å²) in [7, 11) is 0. The Hall–Kier alpha value is -1.81. The Morgan fingerprint density at radius 2 is 2.12 bits per heavy atom. The lowest BCUT2D eigenvalue weighted by molar-refractivity contribution is -0.122. The second-order valence-electron chi connectivity index (χ2n) is 3.36. The molecule has 0 aliphatic heterocycles. The van der Waals surface area contributed by atoms with E-state index in [1.54, 1.807) is 25.1 Å². The highest BCUT2D eigenvalue weighted by molar-refractivity contribution is 6.30. The van der Waals surface area contributed by atoms with Gasteiger partial charge in [0.25, 0.3) is 5.91 Å². The molecule has 4 nitrogen and oxygen atoms in total. The monoisotopic (exact) mass is 252 g/mol. The largest absolute Gasteiger partial charge is 0.385 e. The Balaban J connectivity index is 2.52. The van der Waals surface area contributed by atoms with Crippen LogP contribution in [0, 0.1) is 0 Å². The van der Waals surface area contributed by atoms with Gasteiger partial charge in [-0.1, -0.05) is 35.0 Å². The maximum atomic E-state index is 10.4. The molecule has 0 aromatic heterocycles. The average molecular weight is 253 g/mol. The summed E-state index contributed by atoms with van der Waals surface area (Å²) in [6.07, 6.45) is 3.63. The highest BCUT2D eigenvalue weighted by Crippen LogP contribution is 2.10. The third-order valence-electron chi connectivity index (χ3n) is 1.80. The minimum absolute atomic E-state index is 0.216. The lowest BCUT2D eigenvalue weighted by Crippen LogP contribution is -2.16. The molecule has 0 aliphatic rings. The topological polar surface area (TPSA) is 64.7 Å². The molecule has 0 atom stereocenters. The molecule has 0 radical (unpaired) electrons. The van der Waals surface area contributed by atoms with Crippen LogP contribution in [-0.4, -0.2) is 18.2 Å². The summed E-state index contributed by atoms with van der Waals surface area (Å²) in [5.41, 5.74) is 6.53. The van der Waals surface area contributed by atoms with Crippen molar-refractivity contribution in [1.82, 2.24) is 0 Å². The zero-order valence-corrected chi connectivity index (χ0v) is 10.1. The van der Waals surface area contributed by atoms with Gasteiger partial charge in [0.15, 0.2) is 6.61 Å². The molecule has 0 aliphatic carbocycles. The van der Waals surface area contributed by atoms with Crippen molar-refractivity contribution in [2.45, 2.75) is 6.92 Å². The van der Waals surface area contributed by atoms with Crippen LogP contribution in [0.1, 0.15) is 12.5 Å². The number of nitrogens with zero attached hydrogens (tertiary/aromatic N) is 1. The number of primary amides is 1. The summed E-state index contributed by atoms with van der Waals surface area (Å²) in [6.45, 7) is 1.54. The van der Waals surface area contributed by atoms with Crippen LogP contribution in [0.5, 0.6) is 0 Å². The number of carbonyl (C=O) groups is 1. The number of oxime groups is 1. The molecular weight excluding hydrogens is 240 g/mol. The fourth-order valence-electron chi connectivity index (χ4n) is 1.02. The molecule has 1 aromatic carbocycles. The van der Waals surface area contributed by atoms with Crippen molar-refractivity contribution in [2.75, 3.05) is 6.61 Å². The van der Waals surface area contributed by atoms with E-state index >= 15 is 0 Å². The number of amides is 1. The van der Waals surface area contributed by atoms with Crippen LogP contribution in [0.3, 0.4) is 0 Å². The number of nitrogens with two attached hydrogens (primary N) is 1. The zero-order chi connectivity index (χ0) is 12.7. The van der Waals surface area contributed by atoms with Gasteiger partial charge in [0.05, 0.1) is 5.71 Å². The van der Waals surface area contributed by atoms with Crippen molar-refractivity contribution >= 4 is 29.3 Å². The first kappa shape index (κ1) is 13.3. The minimum atomic E-state index is -0.553. The van der Waals surface area contributed by atoms with Gasteiger partial charge < -0.3 is 10.6 Å². The molecule has 1 rings (SSSR count). The van der Waals surface area contributed by atoms with Crippen LogP contribution >= 0.6 is 11.6 Å². The molecule has 0 bridgehead atoms. The number of halogens is 1. The van der Waals surface area contributed by atoms with Gasteiger partial charge in [-0.3, -0.25) is 4.79 Å². The Kier molecular flexibility index (Phi) is 5.23. The van der Waals surface area contributed by atoms with Crippen molar-refractivity contribution in [3.63, 3.8) is 0 Å². The molecule has 1 aromatic rings. The van der Waals surface area contributed by atoms with E-state index in [2.05, 4.69) is 5.16 Å². The Bertz CT molecular complexity index is 438. The molecule has 17 heavy (non-hydrogen) atoms. The van der Waals surface area contributed by atoms with E-state index in [1.807, 2.05) is 18.2 Å². The van der Waals surface area contributed by atoms with Crippen LogP contribution in [0.4, 0.5) is 0 Å². The third-order valence-corrected chi connectivity index (χ3v) is 2.05. The molecule has 0 heterocycles. The third kappa shape index (κ3) is 5.73. The van der Waals surface area contributed by atoms with Crippen LogP contribution in [-0.2, 0) is 9.63 Å². The Morgan fingerprint density at radius 3 is 2.71 bits per heavy atom. The van der Waals surface area contributed by atoms with Gasteiger partial charge in [0.2, 0.25) is 0 Å². The number of rotatable bonds is 5. The van der Waals surface area contributed by atoms with Gasteiger partial charge in [0, 0.05) is 5.02 Å². The van der Waals surface area contributed by atoms with Gasteiger partial charge in [-0.15, -0.1) is 0 Å². The summed E-state index contributed by atoms with van der Waals surface area (Å²) in [4.78, 5) is 15.1. The van der Waals surface area contributed by atoms with Gasteiger partial charge in [-0.05, 0) is 30.7 Å². The maximum Gasteiger partial charge on any atom is 0.258 e. The molecule has 0 fully saturated rings. The quantitative estimate of drug-likeness (QED) is 0.645. The molecule has 0 spiro atoms. The second-order valence-corrected chi connectivity index (χ2v) is 3.79. The second kappa shape index (κ2) is 6.70. The van der Waals surface area contributed by atoms with Crippen molar-refractivity contribution in [3.05, 3.63) is 40.9 Å². The molecular formula is C12H13ClN2O2. The normalized spacial score (nSPS) is 11.8. The summed E-state index contributed by atoms with van der Waals surface area (Å²) in [5, 5.41) is 4.39. The molecule has 5 heteroatoms. The van der Waals surface area contributed by atoms with E-state index in [-0.39, 0.29) is 6.61 Å². The minimum Gasteiger partial charge on any atom is -0.385 e. The van der Waals surface area contributed by atoms with Crippen molar-refractivity contribution in [1.29, 1.82) is 0 Å². The standard InChI is InChI=1S/C12H13ClN2O2/c1-9(15-17-8-12(14)16)2-3-10-4-6-11(13)7-5-10/h2-7H,8H2,1H3,(H2,14,16)/b3-2+,15-9+. The van der Waals surface area contributed by atoms with Gasteiger partial charge in [-0.2, -0.15) is 0 Å². The van der Waals surface area contributed by atoms with E-state index in [0.29, 0.717) is 10.7 Å². The van der Waals surface area contributed by atoms with Crippen molar-refractivity contribution < 1.29 is 9.63 Å². The van der Waals surface area contributed by atoms with Gasteiger partial charge in [0.1, 0.15) is 0 Å². The van der Waals surface area contributed by atoms with Crippen molar-refractivity contribution in [3.8, 4) is 0 Å². The van der Waals surface area contributed by atoms with Crippen LogP contribution in [0.2, 0.25) is 5.02 Å². The Labute approximate surface area is 105 Å². The SMILES string of the molecule is CC(/C=C/c1ccc(Cl)cc1)=N\OCC(N)=O. The summed E-state index contributed by atoms with van der Waals surface area (Å²) in [6, 6.07) is 7.38. The van der Waals surface area contributed by atoms with E-state index < -0.39 is 5.91 Å². The number of benzene rings is 1. The van der Waals surface area contributed by atoms with Crippen LogP contribution in [0.25, 0.3) is 6.08 Å². The van der Waals surface area contributed by atoms with Crippen molar-refractivity contribution in [2.24, 2.45) is 10.9 Å². The van der Waals surface area contributed by atoms with Crippen LogP contribution < -0.4 is 5.73 Å². The molecule has 1 amide bonds. The summed E-state index contributed by atoms with van der Waals surface area (Å²) in [5.74, 6) is -0.553. The molecule has 90 valence electrons. The first-order valence-corrected chi connectivity index (χ1v) is 5.34. The Morgan fingerprint density at radius 1 is 1.47 bits per heavy atom. The molecule has 0 saturated heterocycles. The summed E-state index contributed by atoms with van der Waals surface area (Å²) < 4.78 is 0. The van der Waals surface area contributed by atoms with E-state index in [0.717, 1.165) is 5.56 Å². The number of carbonyl (C=O) groups excluding carboxylic acids is 1.